The number of rotatable bonds is 4. The Morgan fingerprint density at radius 1 is 1.40 bits per heavy atom. The number of halogens is 1. The van der Waals surface area contributed by atoms with Gasteiger partial charge in [0.2, 0.25) is 0 Å². The number of methoxy groups -OCH3 is 1. The van der Waals surface area contributed by atoms with Gasteiger partial charge in [0.25, 0.3) is 5.69 Å². The minimum Gasteiger partial charge on any atom is -0.497 e. The van der Waals surface area contributed by atoms with E-state index in [2.05, 4.69) is 9.97 Å². The van der Waals surface area contributed by atoms with E-state index in [1.807, 2.05) is 6.07 Å². The number of nitriles is 1. The zero-order valence-electron chi connectivity index (χ0n) is 13.0. The van der Waals surface area contributed by atoms with Crippen molar-refractivity contribution in [1.29, 1.82) is 5.26 Å². The fourth-order valence-corrected chi connectivity index (χ4v) is 2.48. The van der Waals surface area contributed by atoms with E-state index in [9.17, 15) is 15.4 Å². The van der Waals surface area contributed by atoms with Gasteiger partial charge in [0.05, 0.1) is 28.6 Å². The molecule has 0 unspecified atom stereocenters. The highest BCUT2D eigenvalue weighted by molar-refractivity contribution is 6.32. The quantitative estimate of drug-likeness (QED) is 0.429. The number of hydrogen-bond donors (Lipinski definition) is 1. The summed E-state index contributed by atoms with van der Waals surface area (Å²) in [6, 6.07) is 11.4. The number of hydrogen-bond acceptors (Lipinski definition) is 5. The van der Waals surface area contributed by atoms with E-state index in [1.54, 1.807) is 25.3 Å². The van der Waals surface area contributed by atoms with Crippen molar-refractivity contribution >= 4 is 40.0 Å². The average Bonchev–Trinajstić information content (AvgIpc) is 3.03. The van der Waals surface area contributed by atoms with Gasteiger partial charge in [-0.05, 0) is 24.3 Å². The summed E-state index contributed by atoms with van der Waals surface area (Å²) in [5.41, 5.74) is 1.84. The summed E-state index contributed by atoms with van der Waals surface area (Å²) >= 11 is 6.08. The van der Waals surface area contributed by atoms with Crippen molar-refractivity contribution in [2.75, 3.05) is 7.11 Å². The van der Waals surface area contributed by atoms with E-state index in [0.29, 0.717) is 33.2 Å². The second-order valence-electron chi connectivity index (χ2n) is 5.10. The van der Waals surface area contributed by atoms with Gasteiger partial charge in [-0.1, -0.05) is 11.6 Å². The molecule has 0 aliphatic heterocycles. The highest BCUT2D eigenvalue weighted by Crippen LogP contribution is 2.27. The van der Waals surface area contributed by atoms with E-state index in [4.69, 9.17) is 16.3 Å². The molecular weight excluding hydrogens is 344 g/mol. The summed E-state index contributed by atoms with van der Waals surface area (Å²) in [7, 11) is 1.56. The topological polar surface area (TPSA) is 105 Å². The van der Waals surface area contributed by atoms with Crippen molar-refractivity contribution in [1.82, 2.24) is 9.97 Å². The fraction of sp³-hybridized carbons (Fsp3) is 0.0588. The molecular formula is C17H11ClN4O3. The van der Waals surface area contributed by atoms with Gasteiger partial charge in [-0.2, -0.15) is 5.26 Å². The second-order valence-corrected chi connectivity index (χ2v) is 5.51. The Morgan fingerprint density at radius 2 is 2.20 bits per heavy atom. The van der Waals surface area contributed by atoms with Crippen LogP contribution in [0.2, 0.25) is 5.02 Å². The molecule has 3 aromatic rings. The van der Waals surface area contributed by atoms with Crippen molar-refractivity contribution in [3.63, 3.8) is 0 Å². The van der Waals surface area contributed by atoms with Crippen LogP contribution in [0.4, 0.5) is 5.69 Å². The number of nitro groups is 1. The highest BCUT2D eigenvalue weighted by Gasteiger charge is 2.12. The first-order valence-corrected chi connectivity index (χ1v) is 7.49. The molecule has 0 saturated heterocycles. The molecule has 1 N–H and O–H groups in total. The summed E-state index contributed by atoms with van der Waals surface area (Å²) in [6.45, 7) is 0. The lowest BCUT2D eigenvalue weighted by Gasteiger charge is -2.00. The maximum Gasteiger partial charge on any atom is 0.270 e. The van der Waals surface area contributed by atoms with E-state index in [1.165, 1.54) is 24.3 Å². The number of fused-ring (bicyclic) bond motifs is 1. The molecule has 1 heterocycles. The van der Waals surface area contributed by atoms with Crippen LogP contribution < -0.4 is 4.74 Å². The highest BCUT2D eigenvalue weighted by atomic mass is 35.5. The predicted molar refractivity (Wildman–Crippen MR) is 94.2 cm³/mol. The van der Waals surface area contributed by atoms with Gasteiger partial charge in [-0.3, -0.25) is 10.1 Å². The number of nitrogens with zero attached hydrogens (tertiary/aromatic N) is 3. The summed E-state index contributed by atoms with van der Waals surface area (Å²) in [5, 5.41) is 20.7. The monoisotopic (exact) mass is 354 g/mol. The molecule has 124 valence electrons. The van der Waals surface area contributed by atoms with Crippen molar-refractivity contribution < 1.29 is 9.66 Å². The normalized spacial score (nSPS) is 11.3. The zero-order valence-corrected chi connectivity index (χ0v) is 13.7. The van der Waals surface area contributed by atoms with Crippen LogP contribution >= 0.6 is 11.6 Å². The molecule has 0 bridgehead atoms. The van der Waals surface area contributed by atoms with Crippen LogP contribution in [-0.4, -0.2) is 22.0 Å². The summed E-state index contributed by atoms with van der Waals surface area (Å²) < 4.78 is 5.16. The van der Waals surface area contributed by atoms with Crippen molar-refractivity contribution in [3.05, 3.63) is 62.9 Å². The molecule has 0 radical (unpaired) electrons. The lowest BCUT2D eigenvalue weighted by atomic mass is 10.1. The SMILES string of the molecule is COc1ccc2nc(/C(C#N)=C\c3cc([N+](=O)[O-])ccc3Cl)[nH]c2c1. The molecule has 0 saturated carbocycles. The molecule has 0 atom stereocenters. The number of nitro benzene ring substituents is 1. The van der Waals surface area contributed by atoms with E-state index in [0.717, 1.165) is 0 Å². The number of H-pyrrole nitrogens is 1. The molecule has 3 rings (SSSR count). The molecule has 2 aromatic carbocycles. The van der Waals surface area contributed by atoms with Crippen molar-refractivity contribution in [2.24, 2.45) is 0 Å². The zero-order chi connectivity index (χ0) is 18.0. The second kappa shape index (κ2) is 6.63. The fourth-order valence-electron chi connectivity index (χ4n) is 2.31. The van der Waals surface area contributed by atoms with Crippen LogP contribution in [0.25, 0.3) is 22.7 Å². The first-order chi connectivity index (χ1) is 12.0. The molecule has 1 aromatic heterocycles. The van der Waals surface area contributed by atoms with Gasteiger partial charge in [-0.15, -0.1) is 0 Å². The Hall–Kier alpha value is -3.37. The lowest BCUT2D eigenvalue weighted by molar-refractivity contribution is -0.384. The summed E-state index contributed by atoms with van der Waals surface area (Å²) in [5.74, 6) is 1.00. The molecule has 7 nitrogen and oxygen atoms in total. The molecule has 0 aliphatic carbocycles. The Kier molecular flexibility index (Phi) is 4.37. The van der Waals surface area contributed by atoms with Crippen LogP contribution in [0.15, 0.2) is 36.4 Å². The molecule has 0 amide bonds. The number of aromatic nitrogens is 2. The third-order valence-corrected chi connectivity index (χ3v) is 3.90. The molecule has 0 aliphatic rings. The minimum atomic E-state index is -0.521. The molecule has 0 fully saturated rings. The third kappa shape index (κ3) is 3.29. The van der Waals surface area contributed by atoms with Gasteiger partial charge in [0.1, 0.15) is 17.6 Å². The first-order valence-electron chi connectivity index (χ1n) is 7.11. The summed E-state index contributed by atoms with van der Waals surface area (Å²) in [4.78, 5) is 17.8. The van der Waals surface area contributed by atoms with E-state index >= 15 is 0 Å². The Bertz CT molecular complexity index is 1050. The number of benzene rings is 2. The third-order valence-electron chi connectivity index (χ3n) is 3.55. The average molecular weight is 355 g/mol. The maximum atomic E-state index is 10.9. The van der Waals surface area contributed by atoms with Crippen LogP contribution in [-0.2, 0) is 0 Å². The minimum absolute atomic E-state index is 0.109. The number of imidazole rings is 1. The van der Waals surface area contributed by atoms with Gasteiger partial charge >= 0.3 is 0 Å². The first kappa shape index (κ1) is 16.5. The van der Waals surface area contributed by atoms with Gasteiger partial charge in [-0.25, -0.2) is 4.98 Å². The molecule has 25 heavy (non-hydrogen) atoms. The Morgan fingerprint density at radius 3 is 2.88 bits per heavy atom. The number of allylic oxidation sites excluding steroid dienone is 1. The summed E-state index contributed by atoms with van der Waals surface area (Å²) in [6.07, 6.45) is 1.46. The number of ether oxygens (including phenoxy) is 1. The van der Waals surface area contributed by atoms with Crippen LogP contribution in [0.1, 0.15) is 11.4 Å². The van der Waals surface area contributed by atoms with Crippen molar-refractivity contribution in [2.45, 2.75) is 0 Å². The van der Waals surface area contributed by atoms with Gasteiger partial charge in [0.15, 0.2) is 0 Å². The van der Waals surface area contributed by atoms with Crippen LogP contribution in [0.5, 0.6) is 5.75 Å². The number of aromatic amines is 1. The Labute approximate surface area is 147 Å². The molecule has 0 spiro atoms. The van der Waals surface area contributed by atoms with E-state index in [-0.39, 0.29) is 11.3 Å². The van der Waals surface area contributed by atoms with Crippen molar-refractivity contribution in [3.8, 4) is 11.8 Å². The maximum absolute atomic E-state index is 10.9. The predicted octanol–water partition coefficient (Wildman–Crippen LogP) is 4.20. The van der Waals surface area contributed by atoms with Gasteiger partial charge in [0, 0.05) is 28.8 Å². The molecule has 8 heteroatoms. The lowest BCUT2D eigenvalue weighted by Crippen LogP contribution is -1.90. The van der Waals surface area contributed by atoms with E-state index < -0.39 is 4.92 Å². The number of nitrogens with one attached hydrogen (secondary N) is 1. The van der Waals surface area contributed by atoms with Crippen LogP contribution in [0.3, 0.4) is 0 Å². The van der Waals surface area contributed by atoms with Crippen LogP contribution in [0, 0.1) is 21.4 Å². The smallest absolute Gasteiger partial charge is 0.270 e. The van der Waals surface area contributed by atoms with Gasteiger partial charge < -0.3 is 9.72 Å². The largest absolute Gasteiger partial charge is 0.497 e. The standard InChI is InChI=1S/C17H11ClN4O3/c1-25-13-3-5-15-16(8-13)21-17(20-15)11(9-19)6-10-7-12(22(23)24)2-4-14(10)18/h2-8H,1H3,(H,20,21)/b11-6-. The Balaban J connectivity index is 2.08. The number of non-ortho nitro benzene ring substituents is 1.